The topological polar surface area (TPSA) is 42.3 Å². The first kappa shape index (κ1) is 23.4. The van der Waals surface area contributed by atoms with Gasteiger partial charge in [0.05, 0.1) is 35.6 Å². The van der Waals surface area contributed by atoms with Crippen LogP contribution in [0, 0.1) is 13.8 Å². The van der Waals surface area contributed by atoms with Crippen LogP contribution in [0.5, 0.6) is 5.75 Å². The summed E-state index contributed by atoms with van der Waals surface area (Å²) in [4.78, 5) is 6.93. The lowest BCUT2D eigenvalue weighted by molar-refractivity contribution is 0.310. The molecule has 0 spiro atoms. The molecule has 1 aliphatic heterocycles. The highest BCUT2D eigenvalue weighted by Crippen LogP contribution is 2.42. The van der Waals surface area contributed by atoms with Crippen molar-refractivity contribution in [2.45, 2.75) is 32.5 Å². The Balaban J connectivity index is 1.60. The lowest BCUT2D eigenvalue weighted by atomic mass is 9.96. The third-order valence-electron chi connectivity index (χ3n) is 6.59. The van der Waals surface area contributed by atoms with E-state index in [1.165, 1.54) is 5.56 Å². The second-order valence-electron chi connectivity index (χ2n) is 8.72. The molecule has 178 valence electrons. The van der Waals surface area contributed by atoms with E-state index in [0.717, 1.165) is 39.1 Å². The van der Waals surface area contributed by atoms with E-state index in [-0.39, 0.29) is 12.1 Å². The van der Waals surface area contributed by atoms with Crippen molar-refractivity contribution in [3.8, 4) is 11.4 Å². The normalized spacial score (nSPS) is 17.5. The molecule has 4 aromatic rings. The van der Waals surface area contributed by atoms with Gasteiger partial charge in [-0.15, -0.1) is 0 Å². The van der Waals surface area contributed by atoms with E-state index >= 15 is 0 Å². The van der Waals surface area contributed by atoms with Crippen molar-refractivity contribution in [3.05, 3.63) is 112 Å². The van der Waals surface area contributed by atoms with Crippen LogP contribution in [-0.2, 0) is 6.54 Å². The summed E-state index contributed by atoms with van der Waals surface area (Å²) in [6.07, 6.45) is 1.83. The predicted octanol–water partition coefficient (Wildman–Crippen LogP) is 6.32. The van der Waals surface area contributed by atoms with E-state index in [1.807, 2.05) is 48.7 Å². The number of nitrogens with zero attached hydrogens (tertiary/aromatic N) is 3. The number of methoxy groups -OCH3 is 1. The molecule has 1 saturated heterocycles. The summed E-state index contributed by atoms with van der Waals surface area (Å²) in [6, 6.07) is 24.2. The van der Waals surface area contributed by atoms with Gasteiger partial charge in [0.15, 0.2) is 5.11 Å². The molecule has 0 saturated carbocycles. The van der Waals surface area contributed by atoms with Crippen molar-refractivity contribution in [3.63, 3.8) is 0 Å². The Morgan fingerprint density at radius 1 is 1.03 bits per heavy atom. The van der Waals surface area contributed by atoms with Crippen molar-refractivity contribution in [1.29, 1.82) is 0 Å². The molecule has 0 aliphatic carbocycles. The van der Waals surface area contributed by atoms with Crippen molar-refractivity contribution >= 4 is 28.9 Å². The molecule has 5 rings (SSSR count). The molecule has 0 radical (unpaired) electrons. The van der Waals surface area contributed by atoms with E-state index in [9.17, 15) is 0 Å². The number of benzene rings is 2. The van der Waals surface area contributed by atoms with Crippen LogP contribution in [0.25, 0.3) is 5.69 Å². The highest BCUT2D eigenvalue weighted by atomic mass is 35.5. The number of rotatable bonds is 6. The number of aryl methyl sites for hydroxylation is 1. The molecule has 1 fully saturated rings. The Hall–Kier alpha value is -3.35. The van der Waals surface area contributed by atoms with Gasteiger partial charge in [0.25, 0.3) is 0 Å². The van der Waals surface area contributed by atoms with Gasteiger partial charge in [0.1, 0.15) is 5.75 Å². The monoisotopic (exact) mass is 502 g/mol. The predicted molar refractivity (Wildman–Crippen MR) is 144 cm³/mol. The van der Waals surface area contributed by atoms with Gasteiger partial charge in [0, 0.05) is 24.1 Å². The largest absolute Gasteiger partial charge is 0.497 e. The van der Waals surface area contributed by atoms with Crippen LogP contribution < -0.4 is 10.1 Å². The Kier molecular flexibility index (Phi) is 6.50. The second kappa shape index (κ2) is 9.72. The fourth-order valence-electron chi connectivity index (χ4n) is 4.93. The molecule has 35 heavy (non-hydrogen) atoms. The standard InChI is InChI=1S/C28H27ClN4OS/c1-18-16-22(19(2)33(18)25-10-5-4-8-23(25)29)27-26(24-9-6-7-15-30-24)31-28(35)32(27)17-20-11-13-21(34-3)14-12-20/h4-16,26-27H,17H2,1-3H3,(H,31,35)/t26-,27+/m0/s1. The maximum atomic E-state index is 6.60. The van der Waals surface area contributed by atoms with Crippen LogP contribution in [0.15, 0.2) is 79.0 Å². The van der Waals surface area contributed by atoms with Crippen molar-refractivity contribution in [1.82, 2.24) is 19.8 Å². The third kappa shape index (κ3) is 4.40. The smallest absolute Gasteiger partial charge is 0.170 e. The van der Waals surface area contributed by atoms with Crippen LogP contribution >= 0.6 is 23.8 Å². The molecule has 2 aromatic carbocycles. The lowest BCUT2D eigenvalue weighted by Gasteiger charge is -2.28. The summed E-state index contributed by atoms with van der Waals surface area (Å²) in [5.74, 6) is 0.835. The molecule has 2 atom stereocenters. The number of hydrogen-bond acceptors (Lipinski definition) is 3. The summed E-state index contributed by atoms with van der Waals surface area (Å²) < 4.78 is 7.56. The van der Waals surface area contributed by atoms with E-state index in [1.54, 1.807) is 7.11 Å². The fourth-order valence-corrected chi connectivity index (χ4v) is 5.46. The number of pyridine rings is 1. The molecule has 1 N–H and O–H groups in total. The van der Waals surface area contributed by atoms with Gasteiger partial charge >= 0.3 is 0 Å². The SMILES string of the molecule is COc1ccc(CN2C(=S)N[C@@H](c3ccccn3)[C@H]2c2cc(C)n(-c3ccccc3Cl)c2C)cc1. The third-order valence-corrected chi connectivity index (χ3v) is 7.26. The van der Waals surface area contributed by atoms with Crippen LogP contribution in [0.3, 0.4) is 0 Å². The number of aromatic nitrogens is 2. The van der Waals surface area contributed by atoms with Crippen molar-refractivity contribution < 1.29 is 4.74 Å². The Bertz CT molecular complexity index is 1350. The quantitative estimate of drug-likeness (QED) is 0.312. The molecule has 7 heteroatoms. The van der Waals surface area contributed by atoms with Gasteiger partial charge in [-0.3, -0.25) is 4.98 Å². The average molecular weight is 503 g/mol. The maximum absolute atomic E-state index is 6.60. The van der Waals surface area contributed by atoms with Gasteiger partial charge in [-0.2, -0.15) is 0 Å². The zero-order valence-corrected chi connectivity index (χ0v) is 21.5. The van der Waals surface area contributed by atoms with Crippen LogP contribution in [0.1, 0.15) is 40.3 Å². The van der Waals surface area contributed by atoms with E-state index in [4.69, 9.17) is 28.6 Å². The Morgan fingerprint density at radius 3 is 2.46 bits per heavy atom. The first-order chi connectivity index (χ1) is 17.0. The molecule has 0 amide bonds. The number of para-hydroxylation sites is 1. The second-order valence-corrected chi connectivity index (χ2v) is 9.51. The number of thiocarbonyl (C=S) groups is 1. The summed E-state index contributed by atoms with van der Waals surface area (Å²) in [5.41, 5.74) is 6.53. The minimum Gasteiger partial charge on any atom is -0.497 e. The number of halogens is 1. The molecule has 0 bridgehead atoms. The minimum absolute atomic E-state index is 0.0399. The zero-order chi connectivity index (χ0) is 24.5. The molecule has 3 heterocycles. The van der Waals surface area contributed by atoms with Crippen LogP contribution in [0.4, 0.5) is 0 Å². The number of ether oxygens (including phenoxy) is 1. The highest BCUT2D eigenvalue weighted by molar-refractivity contribution is 7.80. The summed E-state index contributed by atoms with van der Waals surface area (Å²) in [6.45, 7) is 4.93. The Labute approximate surface area is 216 Å². The lowest BCUT2D eigenvalue weighted by Crippen LogP contribution is -2.29. The van der Waals surface area contributed by atoms with E-state index < -0.39 is 0 Å². The number of nitrogens with one attached hydrogen (secondary N) is 1. The summed E-state index contributed by atoms with van der Waals surface area (Å²) in [7, 11) is 1.68. The number of hydrogen-bond donors (Lipinski definition) is 1. The molecule has 0 unspecified atom stereocenters. The van der Waals surface area contributed by atoms with Gasteiger partial charge in [-0.1, -0.05) is 41.9 Å². The fraction of sp³-hybridized carbons (Fsp3) is 0.214. The molecule has 5 nitrogen and oxygen atoms in total. The van der Waals surface area contributed by atoms with Gasteiger partial charge in [0.2, 0.25) is 0 Å². The van der Waals surface area contributed by atoms with Gasteiger partial charge < -0.3 is 19.5 Å². The first-order valence-corrected chi connectivity index (χ1v) is 12.3. The average Bonchev–Trinajstić information content (AvgIpc) is 3.35. The first-order valence-electron chi connectivity index (χ1n) is 11.5. The van der Waals surface area contributed by atoms with E-state index in [2.05, 4.69) is 63.9 Å². The molecule has 2 aromatic heterocycles. The molecular weight excluding hydrogens is 476 g/mol. The van der Waals surface area contributed by atoms with Gasteiger partial charge in [-0.25, -0.2) is 0 Å². The minimum atomic E-state index is -0.0813. The van der Waals surface area contributed by atoms with Crippen LogP contribution in [0.2, 0.25) is 5.02 Å². The van der Waals surface area contributed by atoms with Crippen molar-refractivity contribution in [2.75, 3.05) is 7.11 Å². The molecular formula is C28H27ClN4OS. The summed E-state index contributed by atoms with van der Waals surface area (Å²) >= 11 is 12.5. The van der Waals surface area contributed by atoms with E-state index in [0.29, 0.717) is 11.7 Å². The summed E-state index contributed by atoms with van der Waals surface area (Å²) in [5, 5.41) is 4.99. The molecule has 1 aliphatic rings. The van der Waals surface area contributed by atoms with Crippen molar-refractivity contribution in [2.24, 2.45) is 0 Å². The van der Waals surface area contributed by atoms with Gasteiger partial charge in [-0.05, 0) is 79.7 Å². The highest BCUT2D eigenvalue weighted by Gasteiger charge is 2.41. The Morgan fingerprint density at radius 2 is 1.77 bits per heavy atom. The zero-order valence-electron chi connectivity index (χ0n) is 19.9. The van der Waals surface area contributed by atoms with Crippen LogP contribution in [-0.4, -0.2) is 26.7 Å². The maximum Gasteiger partial charge on any atom is 0.170 e.